The van der Waals surface area contributed by atoms with Crippen molar-refractivity contribution < 1.29 is 25.8 Å². The third-order valence-corrected chi connectivity index (χ3v) is 8.14. The molecule has 0 spiro atoms. The van der Waals surface area contributed by atoms with E-state index in [1.807, 2.05) is 0 Å². The molecule has 15 heavy (non-hydrogen) atoms. The lowest BCUT2D eigenvalue weighted by Crippen LogP contribution is -2.48. The molecule has 3 nitrogen and oxygen atoms in total. The van der Waals surface area contributed by atoms with Crippen molar-refractivity contribution in [3.63, 3.8) is 0 Å². The Morgan fingerprint density at radius 2 is 1.47 bits per heavy atom. The number of alkyl halides is 5. The molecule has 0 radical (unpaired) electrons. The lowest BCUT2D eigenvalue weighted by atomic mass is 11.6. The first kappa shape index (κ1) is 15.5. The Bertz CT molecular complexity index is 332. The van der Waals surface area contributed by atoms with Crippen LogP contribution >= 0.6 is 23.2 Å². The smallest absolute Gasteiger partial charge is 0.228 e. The van der Waals surface area contributed by atoms with E-state index in [1.165, 1.54) is 19.6 Å². The fourth-order valence-corrected chi connectivity index (χ4v) is 2.51. The highest BCUT2D eigenvalue weighted by molar-refractivity contribution is 7.87. The van der Waals surface area contributed by atoms with Gasteiger partial charge in [-0.1, -0.05) is 42.8 Å². The summed E-state index contributed by atoms with van der Waals surface area (Å²) in [7, 11) is -8.41. The van der Waals surface area contributed by atoms with Crippen LogP contribution in [-0.4, -0.2) is 26.1 Å². The van der Waals surface area contributed by atoms with Crippen molar-refractivity contribution in [1.29, 1.82) is 0 Å². The first-order valence-electron chi connectivity index (χ1n) is 3.60. The summed E-state index contributed by atoms with van der Waals surface area (Å²) in [4.78, 5) is 0. The molecule has 0 amide bonds. The molecule has 0 bridgehead atoms. The van der Waals surface area contributed by atoms with E-state index in [2.05, 4.69) is 4.18 Å². The van der Waals surface area contributed by atoms with E-state index in [-0.39, 0.29) is 0 Å². The minimum atomic E-state index is -5.77. The van der Waals surface area contributed by atoms with Gasteiger partial charge in [-0.05, 0) is 0 Å². The molecule has 0 aromatic rings. The highest BCUT2D eigenvalue weighted by atomic mass is 35.5. The molecule has 0 N–H and O–H groups in total. The van der Waals surface area contributed by atoms with E-state index < -0.39 is 27.8 Å². The first-order chi connectivity index (χ1) is 6.21. The zero-order valence-electron chi connectivity index (χ0n) is 8.02. The Hall–Kier alpha value is 0.497. The van der Waals surface area contributed by atoms with Crippen LogP contribution in [0.3, 0.4) is 0 Å². The van der Waals surface area contributed by atoms with Gasteiger partial charge < -0.3 is 0 Å². The molecule has 0 aromatic heterocycles. The number of rotatable bonds is 3. The second-order valence-corrected chi connectivity index (χ2v) is 12.4. The molecule has 0 unspecified atom stereocenters. The fraction of sp³-hybridized carbons (Fsp3) is 1.00. The van der Waals surface area contributed by atoms with E-state index in [4.69, 9.17) is 23.2 Å². The van der Waals surface area contributed by atoms with Gasteiger partial charge in [-0.3, -0.25) is 0 Å². The van der Waals surface area contributed by atoms with Crippen LogP contribution < -0.4 is 0 Å². The van der Waals surface area contributed by atoms with Gasteiger partial charge in [-0.2, -0.15) is 21.6 Å². The van der Waals surface area contributed by atoms with Gasteiger partial charge in [0.05, 0.1) is 0 Å². The maximum absolute atomic E-state index is 11.9. The minimum Gasteiger partial charge on any atom is -0.228 e. The van der Waals surface area contributed by atoms with E-state index in [1.54, 1.807) is 0 Å². The van der Waals surface area contributed by atoms with Gasteiger partial charge in [-0.25, -0.2) is 4.18 Å². The van der Waals surface area contributed by atoms with Crippen molar-refractivity contribution in [1.82, 2.24) is 0 Å². The first-order valence-corrected chi connectivity index (χ1v) is 9.27. The number of halogens is 5. The molecule has 0 fully saturated rings. The predicted molar refractivity (Wildman–Crippen MR) is 53.8 cm³/mol. The predicted octanol–water partition coefficient (Wildman–Crippen LogP) is 2.86. The topological polar surface area (TPSA) is 43.4 Å². The molecule has 0 atom stereocenters. The highest BCUT2D eigenvalue weighted by Gasteiger charge is 2.55. The van der Waals surface area contributed by atoms with Gasteiger partial charge >= 0.3 is 15.6 Å². The summed E-state index contributed by atoms with van der Waals surface area (Å²) in [6.45, 7) is 4.41. The van der Waals surface area contributed by atoms with Crippen LogP contribution in [0.4, 0.5) is 13.2 Å². The van der Waals surface area contributed by atoms with Gasteiger partial charge in [0.2, 0.25) is 4.14 Å². The van der Waals surface area contributed by atoms with Crippen LogP contribution in [-0.2, 0) is 14.3 Å². The normalized spacial score (nSPS) is 15.5. The van der Waals surface area contributed by atoms with Gasteiger partial charge in [0, 0.05) is 0 Å². The molecule has 10 heteroatoms. The van der Waals surface area contributed by atoms with Crippen LogP contribution in [0, 0.1) is 0 Å². The lowest BCUT2D eigenvalue weighted by Gasteiger charge is -2.30. The Morgan fingerprint density at radius 3 is 1.67 bits per heavy atom. The van der Waals surface area contributed by atoms with Crippen LogP contribution in [0.25, 0.3) is 0 Å². The van der Waals surface area contributed by atoms with Gasteiger partial charge in [0.1, 0.15) is 8.07 Å². The highest BCUT2D eigenvalue weighted by Crippen LogP contribution is 2.39. The minimum absolute atomic E-state index is 1.47. The summed E-state index contributed by atoms with van der Waals surface area (Å²) in [5, 5.41) is 0. The molecule has 0 aliphatic rings. The van der Waals surface area contributed by atoms with E-state index in [0.29, 0.717) is 0 Å². The Morgan fingerprint density at radius 1 is 1.13 bits per heavy atom. The summed E-state index contributed by atoms with van der Waals surface area (Å²) >= 11 is 10.9. The fourth-order valence-electron chi connectivity index (χ4n) is 0.310. The second kappa shape index (κ2) is 4.06. The summed E-state index contributed by atoms with van der Waals surface area (Å²) in [6, 6.07) is 0. The molecule has 0 heterocycles. The molecule has 0 aliphatic heterocycles. The second-order valence-electron chi connectivity index (χ2n) is 3.75. The summed E-state index contributed by atoms with van der Waals surface area (Å²) in [6.07, 6.45) is 0. The molecule has 0 aromatic carbocycles. The molecule has 0 aliphatic carbocycles. The van der Waals surface area contributed by atoms with E-state index in [0.717, 1.165) is 0 Å². The largest absolute Gasteiger partial charge is 0.523 e. The summed E-state index contributed by atoms with van der Waals surface area (Å²) in [5.74, 6) is 0. The molecule has 0 saturated heterocycles. The van der Waals surface area contributed by atoms with Crippen LogP contribution in [0.15, 0.2) is 0 Å². The van der Waals surface area contributed by atoms with Crippen molar-refractivity contribution in [2.24, 2.45) is 0 Å². The third kappa shape index (κ3) is 3.77. The van der Waals surface area contributed by atoms with Crippen molar-refractivity contribution >= 4 is 41.4 Å². The van der Waals surface area contributed by atoms with Crippen LogP contribution in [0.2, 0.25) is 19.6 Å². The monoisotopic (exact) mass is 304 g/mol. The third-order valence-electron chi connectivity index (χ3n) is 1.37. The zero-order valence-corrected chi connectivity index (χ0v) is 11.4. The maximum Gasteiger partial charge on any atom is 0.523 e. The zero-order chi connectivity index (χ0) is 12.7. The van der Waals surface area contributed by atoms with Crippen LogP contribution in [0.5, 0.6) is 0 Å². The SMILES string of the molecule is C[Si](C)(C)C(Cl)(Cl)OS(=O)(=O)C(F)(F)F. The molecule has 0 rings (SSSR count). The Balaban J connectivity index is 5.08. The van der Waals surface area contributed by atoms with Crippen molar-refractivity contribution in [2.75, 3.05) is 0 Å². The lowest BCUT2D eigenvalue weighted by molar-refractivity contribution is -0.0547. The maximum atomic E-state index is 11.9. The summed E-state index contributed by atoms with van der Waals surface area (Å²) in [5.41, 5.74) is -5.53. The molecule has 0 saturated carbocycles. The quantitative estimate of drug-likeness (QED) is 0.348. The van der Waals surface area contributed by atoms with E-state index in [9.17, 15) is 21.6 Å². The van der Waals surface area contributed by atoms with Crippen molar-refractivity contribution in [3.8, 4) is 0 Å². The van der Waals surface area contributed by atoms with Crippen molar-refractivity contribution in [3.05, 3.63) is 0 Å². The average Bonchev–Trinajstić information content (AvgIpc) is 1.77. The Labute approximate surface area is 96.6 Å². The van der Waals surface area contributed by atoms with E-state index >= 15 is 0 Å². The average molecular weight is 305 g/mol. The standard InChI is InChI=1S/C5H9Cl2F3O3SSi/c1-15(2,3)4(6,7)13-14(11,12)5(8,9)10/h1-3H3. The van der Waals surface area contributed by atoms with Gasteiger partial charge in [0.25, 0.3) is 0 Å². The molecular formula is C5H9Cl2F3O3SSi. The van der Waals surface area contributed by atoms with Gasteiger partial charge in [-0.15, -0.1) is 0 Å². The molecule has 92 valence electrons. The number of hydrogen-bond donors (Lipinski definition) is 0. The van der Waals surface area contributed by atoms with Crippen LogP contribution in [0.1, 0.15) is 0 Å². The number of hydrogen-bond acceptors (Lipinski definition) is 3. The van der Waals surface area contributed by atoms with Gasteiger partial charge in [0.15, 0.2) is 0 Å². The Kier molecular flexibility index (Phi) is 4.20. The summed E-state index contributed by atoms with van der Waals surface area (Å²) < 4.78 is 58.5. The van der Waals surface area contributed by atoms with Crippen molar-refractivity contribution in [2.45, 2.75) is 29.3 Å². The molecular weight excluding hydrogens is 296 g/mol.